The lowest BCUT2D eigenvalue weighted by atomic mass is 10.1. The lowest BCUT2D eigenvalue weighted by Gasteiger charge is -2.29. The number of piperazine rings is 1. The van der Waals surface area contributed by atoms with Crippen LogP contribution in [0.25, 0.3) is 16.9 Å². The van der Waals surface area contributed by atoms with Crippen LogP contribution >= 0.6 is 0 Å². The minimum Gasteiger partial charge on any atom is -0.497 e. The molecule has 130 valence electrons. The minimum absolute atomic E-state index is 0.755. The van der Waals surface area contributed by atoms with Gasteiger partial charge in [-0.1, -0.05) is 0 Å². The van der Waals surface area contributed by atoms with Crippen molar-refractivity contribution in [2.45, 2.75) is 0 Å². The van der Waals surface area contributed by atoms with Crippen LogP contribution in [-0.4, -0.2) is 49.8 Å². The third-order valence-electron chi connectivity index (χ3n) is 4.61. The second-order valence-electron chi connectivity index (χ2n) is 6.08. The van der Waals surface area contributed by atoms with Crippen LogP contribution in [0, 0.1) is 0 Å². The zero-order valence-electron chi connectivity index (χ0n) is 14.5. The summed E-state index contributed by atoms with van der Waals surface area (Å²) in [5.41, 5.74) is 3.99. The highest BCUT2D eigenvalue weighted by Gasteiger charge is 2.14. The first-order valence-electron chi connectivity index (χ1n) is 8.45. The molecule has 0 saturated carbocycles. The number of fused-ring (bicyclic) bond motifs is 1. The molecule has 6 heteroatoms. The molecule has 0 amide bonds. The molecule has 25 heavy (non-hydrogen) atoms. The third-order valence-corrected chi connectivity index (χ3v) is 4.61. The number of nitrogens with zero attached hydrogens (tertiary/aromatic N) is 3. The predicted molar refractivity (Wildman–Crippen MR) is 98.8 cm³/mol. The maximum Gasteiger partial charge on any atom is 0.139 e. The van der Waals surface area contributed by atoms with Crippen LogP contribution in [0.15, 0.2) is 42.7 Å². The van der Waals surface area contributed by atoms with Crippen molar-refractivity contribution in [3.8, 4) is 22.8 Å². The first-order chi connectivity index (χ1) is 12.3. The van der Waals surface area contributed by atoms with E-state index in [1.165, 1.54) is 5.69 Å². The van der Waals surface area contributed by atoms with Gasteiger partial charge in [0, 0.05) is 62.0 Å². The Morgan fingerprint density at radius 2 is 1.88 bits per heavy atom. The molecule has 0 atom stereocenters. The van der Waals surface area contributed by atoms with Crippen molar-refractivity contribution in [2.75, 3.05) is 45.3 Å². The smallest absolute Gasteiger partial charge is 0.139 e. The number of ether oxygens (including phenoxy) is 2. The van der Waals surface area contributed by atoms with Crippen LogP contribution in [0.5, 0.6) is 11.5 Å². The number of hydrogen-bond acceptors (Lipinski definition) is 5. The Morgan fingerprint density at radius 1 is 1.04 bits per heavy atom. The highest BCUT2D eigenvalue weighted by molar-refractivity contribution is 5.71. The van der Waals surface area contributed by atoms with Gasteiger partial charge < -0.3 is 24.1 Å². The van der Waals surface area contributed by atoms with Crippen molar-refractivity contribution >= 4 is 11.3 Å². The van der Waals surface area contributed by atoms with E-state index in [9.17, 15) is 0 Å². The molecule has 1 aliphatic rings. The number of anilines is 1. The van der Waals surface area contributed by atoms with E-state index in [1.807, 2.05) is 28.8 Å². The lowest BCUT2D eigenvalue weighted by molar-refractivity contribution is 0.395. The number of imidazole rings is 1. The highest BCUT2D eigenvalue weighted by atomic mass is 16.5. The maximum atomic E-state index is 5.51. The van der Waals surface area contributed by atoms with E-state index in [1.54, 1.807) is 14.2 Å². The third kappa shape index (κ3) is 3.00. The topological polar surface area (TPSA) is 51.0 Å². The van der Waals surface area contributed by atoms with E-state index in [0.717, 1.165) is 54.6 Å². The molecule has 1 saturated heterocycles. The first kappa shape index (κ1) is 15.8. The molecular formula is C19H22N4O2. The number of methoxy groups -OCH3 is 2. The normalized spacial score (nSPS) is 14.7. The Kier molecular flexibility index (Phi) is 4.19. The highest BCUT2D eigenvalue weighted by Crippen LogP contribution is 2.33. The molecule has 4 rings (SSSR count). The molecule has 0 radical (unpaired) electrons. The average Bonchev–Trinajstić information content (AvgIpc) is 3.11. The van der Waals surface area contributed by atoms with Gasteiger partial charge >= 0.3 is 0 Å². The van der Waals surface area contributed by atoms with Gasteiger partial charge in [0.05, 0.1) is 19.9 Å². The molecular weight excluding hydrogens is 316 g/mol. The van der Waals surface area contributed by atoms with Crippen LogP contribution in [0.2, 0.25) is 0 Å². The van der Waals surface area contributed by atoms with Gasteiger partial charge in [0.25, 0.3) is 0 Å². The first-order valence-corrected chi connectivity index (χ1v) is 8.45. The maximum absolute atomic E-state index is 5.51. The summed E-state index contributed by atoms with van der Waals surface area (Å²) in [6, 6.07) is 10.1. The number of pyridine rings is 1. The lowest BCUT2D eigenvalue weighted by Crippen LogP contribution is -2.43. The van der Waals surface area contributed by atoms with Gasteiger partial charge in [-0.05, 0) is 18.2 Å². The average molecular weight is 338 g/mol. The van der Waals surface area contributed by atoms with E-state index < -0.39 is 0 Å². The van der Waals surface area contributed by atoms with Gasteiger partial charge in [-0.15, -0.1) is 0 Å². The largest absolute Gasteiger partial charge is 0.497 e. The predicted octanol–water partition coefficient (Wildman–Crippen LogP) is 2.43. The molecule has 3 heterocycles. The van der Waals surface area contributed by atoms with Crippen LogP contribution in [0.1, 0.15) is 0 Å². The van der Waals surface area contributed by atoms with Crippen molar-refractivity contribution in [1.82, 2.24) is 14.7 Å². The van der Waals surface area contributed by atoms with Crippen molar-refractivity contribution in [1.29, 1.82) is 0 Å². The molecule has 1 N–H and O–H groups in total. The summed E-state index contributed by atoms with van der Waals surface area (Å²) < 4.78 is 12.8. The second kappa shape index (κ2) is 6.64. The summed E-state index contributed by atoms with van der Waals surface area (Å²) in [5, 5.41) is 3.38. The molecule has 1 fully saturated rings. The fourth-order valence-corrected chi connectivity index (χ4v) is 3.23. The minimum atomic E-state index is 0.755. The van der Waals surface area contributed by atoms with Crippen LogP contribution < -0.4 is 19.7 Å². The molecule has 0 spiro atoms. The Bertz CT molecular complexity index is 884. The van der Waals surface area contributed by atoms with Gasteiger partial charge in [0.2, 0.25) is 0 Å². The standard InChI is InChI=1S/C19H22N4O2/c1-24-15-3-4-16(18(12-15)25-2)17-13-23-8-5-14(11-19(23)21-17)22-9-6-20-7-10-22/h3-5,8,11-13,20H,6-7,9-10H2,1-2H3. The van der Waals surface area contributed by atoms with Gasteiger partial charge in [0.15, 0.2) is 0 Å². The van der Waals surface area contributed by atoms with Gasteiger partial charge in [-0.25, -0.2) is 4.98 Å². The van der Waals surface area contributed by atoms with E-state index >= 15 is 0 Å². The van der Waals surface area contributed by atoms with Gasteiger partial charge in [-0.3, -0.25) is 0 Å². The Balaban J connectivity index is 1.71. The van der Waals surface area contributed by atoms with Gasteiger partial charge in [-0.2, -0.15) is 0 Å². The van der Waals surface area contributed by atoms with E-state index in [0.29, 0.717) is 0 Å². The molecule has 0 bridgehead atoms. The fourth-order valence-electron chi connectivity index (χ4n) is 3.23. The molecule has 0 unspecified atom stereocenters. The Morgan fingerprint density at radius 3 is 2.64 bits per heavy atom. The number of hydrogen-bond donors (Lipinski definition) is 1. The summed E-state index contributed by atoms with van der Waals surface area (Å²) in [7, 11) is 3.31. The molecule has 1 aliphatic heterocycles. The van der Waals surface area contributed by atoms with Crippen molar-refractivity contribution in [2.24, 2.45) is 0 Å². The Labute approximate surface area is 147 Å². The summed E-state index contributed by atoms with van der Waals surface area (Å²) in [6.45, 7) is 4.09. The van der Waals surface area contributed by atoms with E-state index in [2.05, 4.69) is 28.5 Å². The summed E-state index contributed by atoms with van der Waals surface area (Å²) in [4.78, 5) is 7.19. The van der Waals surface area contributed by atoms with Crippen LogP contribution in [0.3, 0.4) is 0 Å². The zero-order chi connectivity index (χ0) is 17.2. The number of aromatic nitrogens is 2. The van der Waals surface area contributed by atoms with Gasteiger partial charge in [0.1, 0.15) is 17.1 Å². The van der Waals surface area contributed by atoms with E-state index in [4.69, 9.17) is 14.5 Å². The molecule has 2 aromatic heterocycles. The molecule has 1 aromatic carbocycles. The van der Waals surface area contributed by atoms with E-state index in [-0.39, 0.29) is 0 Å². The van der Waals surface area contributed by atoms with Crippen molar-refractivity contribution in [3.63, 3.8) is 0 Å². The Hall–Kier alpha value is -2.73. The van der Waals surface area contributed by atoms with Crippen LogP contribution in [-0.2, 0) is 0 Å². The number of rotatable bonds is 4. The summed E-state index contributed by atoms with van der Waals surface area (Å²) in [5.74, 6) is 1.52. The van der Waals surface area contributed by atoms with Crippen LogP contribution in [0.4, 0.5) is 5.69 Å². The zero-order valence-corrected chi connectivity index (χ0v) is 14.5. The monoisotopic (exact) mass is 338 g/mol. The fraction of sp³-hybridized carbons (Fsp3) is 0.316. The summed E-state index contributed by atoms with van der Waals surface area (Å²) >= 11 is 0. The second-order valence-corrected chi connectivity index (χ2v) is 6.08. The number of benzene rings is 1. The SMILES string of the molecule is COc1ccc(-c2cn3ccc(N4CCNCC4)cc3n2)c(OC)c1. The molecule has 0 aliphatic carbocycles. The van der Waals surface area contributed by atoms with Crippen molar-refractivity contribution in [3.05, 3.63) is 42.7 Å². The van der Waals surface area contributed by atoms with Crippen molar-refractivity contribution < 1.29 is 9.47 Å². The summed E-state index contributed by atoms with van der Waals surface area (Å²) in [6.07, 6.45) is 4.10. The quantitative estimate of drug-likeness (QED) is 0.792. The molecule has 6 nitrogen and oxygen atoms in total. The molecule has 3 aromatic rings. The number of nitrogens with one attached hydrogen (secondary N) is 1.